The van der Waals surface area contributed by atoms with Gasteiger partial charge in [0.15, 0.2) is 5.13 Å². The van der Waals surface area contributed by atoms with E-state index in [0.717, 1.165) is 29.0 Å². The van der Waals surface area contributed by atoms with E-state index in [1.807, 2.05) is 6.07 Å². The first-order valence-electron chi connectivity index (χ1n) is 7.75. The highest BCUT2D eigenvalue weighted by atomic mass is 35.5. The maximum Gasteiger partial charge on any atom is 0.259 e. The lowest BCUT2D eigenvalue weighted by atomic mass is 10.1. The van der Waals surface area contributed by atoms with E-state index in [1.54, 1.807) is 30.5 Å². The Bertz CT molecular complexity index is 897. The van der Waals surface area contributed by atoms with Crippen molar-refractivity contribution < 1.29 is 4.79 Å². The Kier molecular flexibility index (Phi) is 5.68. The number of rotatable bonds is 5. The molecule has 0 aliphatic heterocycles. The van der Waals surface area contributed by atoms with Crippen LogP contribution in [-0.2, 0) is 6.42 Å². The fourth-order valence-electron chi connectivity index (χ4n) is 2.36. The number of hydrogen-bond donors (Lipinski definition) is 1. The van der Waals surface area contributed by atoms with Crippen LogP contribution >= 0.6 is 34.5 Å². The molecule has 0 unspecified atom stereocenters. The highest BCUT2D eigenvalue weighted by Crippen LogP contribution is 2.37. The molecule has 0 spiro atoms. The van der Waals surface area contributed by atoms with Crippen LogP contribution < -0.4 is 5.32 Å². The first-order valence-corrected chi connectivity index (χ1v) is 9.32. The molecule has 0 atom stereocenters. The van der Waals surface area contributed by atoms with E-state index in [4.69, 9.17) is 23.2 Å². The van der Waals surface area contributed by atoms with Gasteiger partial charge in [-0.1, -0.05) is 36.5 Å². The van der Waals surface area contributed by atoms with E-state index >= 15 is 0 Å². The zero-order valence-electron chi connectivity index (χ0n) is 13.4. The molecule has 0 saturated heterocycles. The average Bonchev–Trinajstić information content (AvgIpc) is 2.98. The van der Waals surface area contributed by atoms with E-state index in [2.05, 4.69) is 22.2 Å². The Hall–Kier alpha value is -1.95. The lowest BCUT2D eigenvalue weighted by Gasteiger charge is -2.04. The minimum atomic E-state index is -0.237. The molecular formula is C18H15Cl2N3OS. The van der Waals surface area contributed by atoms with Gasteiger partial charge < -0.3 is 0 Å². The zero-order chi connectivity index (χ0) is 17.8. The lowest BCUT2D eigenvalue weighted by Crippen LogP contribution is -2.11. The van der Waals surface area contributed by atoms with Gasteiger partial charge in [-0.25, -0.2) is 4.98 Å². The van der Waals surface area contributed by atoms with Crippen molar-refractivity contribution in [3.05, 3.63) is 63.2 Å². The molecule has 25 heavy (non-hydrogen) atoms. The highest BCUT2D eigenvalue weighted by molar-refractivity contribution is 7.16. The number of anilines is 1. The molecule has 1 aromatic carbocycles. The third kappa shape index (κ3) is 4.18. The molecular weight excluding hydrogens is 377 g/mol. The van der Waals surface area contributed by atoms with Crippen molar-refractivity contribution >= 4 is 45.6 Å². The van der Waals surface area contributed by atoms with E-state index in [1.165, 1.54) is 17.5 Å². The number of pyridine rings is 1. The number of amides is 1. The number of benzene rings is 1. The van der Waals surface area contributed by atoms with Crippen molar-refractivity contribution in [1.29, 1.82) is 0 Å². The van der Waals surface area contributed by atoms with Gasteiger partial charge >= 0.3 is 0 Å². The Morgan fingerprint density at radius 3 is 2.80 bits per heavy atom. The monoisotopic (exact) mass is 391 g/mol. The largest absolute Gasteiger partial charge is 0.298 e. The van der Waals surface area contributed by atoms with Crippen LogP contribution in [0.4, 0.5) is 5.13 Å². The molecule has 7 heteroatoms. The second-order valence-corrected chi connectivity index (χ2v) is 7.29. The van der Waals surface area contributed by atoms with Crippen LogP contribution in [0.25, 0.3) is 11.3 Å². The van der Waals surface area contributed by atoms with Crippen LogP contribution in [0.2, 0.25) is 10.0 Å². The summed E-state index contributed by atoms with van der Waals surface area (Å²) in [6.07, 6.45) is 4.97. The second kappa shape index (κ2) is 7.95. The fraction of sp³-hybridized carbons (Fsp3) is 0.167. The van der Waals surface area contributed by atoms with E-state index in [0.29, 0.717) is 20.7 Å². The normalized spacial score (nSPS) is 10.7. The number of nitrogens with one attached hydrogen (secondary N) is 1. The van der Waals surface area contributed by atoms with Gasteiger partial charge in [0.1, 0.15) is 0 Å². The van der Waals surface area contributed by atoms with E-state index in [-0.39, 0.29) is 5.91 Å². The number of nitrogens with zero attached hydrogens (tertiary/aromatic N) is 2. The molecule has 2 heterocycles. The number of carbonyl (C=O) groups excluding carboxylic acids is 1. The molecule has 0 bridgehead atoms. The van der Waals surface area contributed by atoms with E-state index < -0.39 is 0 Å². The van der Waals surface area contributed by atoms with Gasteiger partial charge in [-0.3, -0.25) is 15.1 Å². The Balaban J connectivity index is 1.93. The summed E-state index contributed by atoms with van der Waals surface area (Å²) in [6.45, 7) is 2.10. The predicted octanol–water partition coefficient (Wildman–Crippen LogP) is 5.72. The maximum absolute atomic E-state index is 12.3. The van der Waals surface area contributed by atoms with Crippen LogP contribution in [0.3, 0.4) is 0 Å². The molecule has 0 radical (unpaired) electrons. The summed E-state index contributed by atoms with van der Waals surface area (Å²) in [5.41, 5.74) is 2.09. The first kappa shape index (κ1) is 17.9. The smallest absolute Gasteiger partial charge is 0.259 e. The van der Waals surface area contributed by atoms with Crippen molar-refractivity contribution in [3.63, 3.8) is 0 Å². The Labute approximate surface area is 159 Å². The Morgan fingerprint density at radius 2 is 2.12 bits per heavy atom. The minimum Gasteiger partial charge on any atom is -0.298 e. The van der Waals surface area contributed by atoms with Crippen LogP contribution in [0.5, 0.6) is 0 Å². The van der Waals surface area contributed by atoms with Crippen LogP contribution in [-0.4, -0.2) is 15.9 Å². The van der Waals surface area contributed by atoms with Gasteiger partial charge in [-0.15, -0.1) is 11.3 Å². The highest BCUT2D eigenvalue weighted by Gasteiger charge is 2.17. The molecule has 3 rings (SSSR count). The molecule has 0 saturated carbocycles. The number of aromatic nitrogens is 2. The number of carbonyl (C=O) groups is 1. The summed E-state index contributed by atoms with van der Waals surface area (Å²) < 4.78 is 0. The predicted molar refractivity (Wildman–Crippen MR) is 104 cm³/mol. The lowest BCUT2D eigenvalue weighted by molar-refractivity contribution is 0.102. The summed E-state index contributed by atoms with van der Waals surface area (Å²) in [7, 11) is 0. The fourth-order valence-corrected chi connectivity index (χ4v) is 3.93. The van der Waals surface area contributed by atoms with Gasteiger partial charge in [0.05, 0.1) is 16.3 Å². The van der Waals surface area contributed by atoms with Crippen molar-refractivity contribution in [2.75, 3.05) is 5.32 Å². The van der Waals surface area contributed by atoms with Gasteiger partial charge in [-0.2, -0.15) is 0 Å². The van der Waals surface area contributed by atoms with Crippen molar-refractivity contribution in [1.82, 2.24) is 9.97 Å². The number of hydrogen-bond acceptors (Lipinski definition) is 4. The van der Waals surface area contributed by atoms with Crippen LogP contribution in [0.1, 0.15) is 28.6 Å². The van der Waals surface area contributed by atoms with Gasteiger partial charge in [0, 0.05) is 27.9 Å². The molecule has 2 aromatic heterocycles. The second-order valence-electron chi connectivity index (χ2n) is 5.36. The minimum absolute atomic E-state index is 0.237. The van der Waals surface area contributed by atoms with Gasteiger partial charge in [0.2, 0.25) is 0 Å². The first-order chi connectivity index (χ1) is 12.1. The van der Waals surface area contributed by atoms with Gasteiger partial charge in [-0.05, 0) is 36.8 Å². The third-order valence-corrected chi connectivity index (χ3v) is 5.08. The number of aryl methyl sites for hydroxylation is 1. The molecule has 3 aromatic rings. The van der Waals surface area contributed by atoms with Gasteiger partial charge in [0.25, 0.3) is 5.91 Å². The molecule has 1 N–H and O–H groups in total. The summed E-state index contributed by atoms with van der Waals surface area (Å²) in [5.74, 6) is -0.237. The topological polar surface area (TPSA) is 54.9 Å². The van der Waals surface area contributed by atoms with E-state index in [9.17, 15) is 4.79 Å². The third-order valence-electron chi connectivity index (χ3n) is 3.50. The quantitative estimate of drug-likeness (QED) is 0.605. The summed E-state index contributed by atoms with van der Waals surface area (Å²) in [6, 6.07) is 8.76. The Morgan fingerprint density at radius 1 is 1.28 bits per heavy atom. The number of thiazole rings is 1. The standard InChI is InChI=1S/C18H15Cl2N3OS/c1-2-4-15-16(13-7-6-12(19)9-14(13)20)22-18(25-15)23-17(24)11-5-3-8-21-10-11/h3,5-10H,2,4H2,1H3,(H,22,23,24). The SMILES string of the molecule is CCCc1sc(NC(=O)c2cccnc2)nc1-c1ccc(Cl)cc1Cl. The molecule has 0 aliphatic carbocycles. The molecule has 128 valence electrons. The molecule has 0 aliphatic rings. The molecule has 0 fully saturated rings. The molecule has 4 nitrogen and oxygen atoms in total. The zero-order valence-corrected chi connectivity index (χ0v) is 15.8. The van der Waals surface area contributed by atoms with Crippen molar-refractivity contribution in [2.45, 2.75) is 19.8 Å². The summed E-state index contributed by atoms with van der Waals surface area (Å²) in [4.78, 5) is 21.9. The maximum atomic E-state index is 12.3. The van der Waals surface area contributed by atoms with Crippen molar-refractivity contribution in [2.24, 2.45) is 0 Å². The molecule has 1 amide bonds. The van der Waals surface area contributed by atoms with Crippen LogP contribution in [0.15, 0.2) is 42.7 Å². The van der Waals surface area contributed by atoms with Crippen LogP contribution in [0, 0.1) is 0 Å². The average molecular weight is 392 g/mol. The van der Waals surface area contributed by atoms with Crippen molar-refractivity contribution in [3.8, 4) is 11.3 Å². The summed E-state index contributed by atoms with van der Waals surface area (Å²) >= 11 is 13.8. The number of halogens is 2. The summed E-state index contributed by atoms with van der Waals surface area (Å²) in [5, 5.41) is 4.49.